The van der Waals surface area contributed by atoms with Crippen LogP contribution in [0.15, 0.2) is 144 Å². The molecule has 5 aromatic carbocycles. The number of rotatable bonds is 13. The van der Waals surface area contributed by atoms with Crippen molar-refractivity contribution in [2.75, 3.05) is 0 Å². The highest BCUT2D eigenvalue weighted by Gasteiger charge is 2.42. The van der Waals surface area contributed by atoms with Crippen LogP contribution in [-0.4, -0.2) is 40.8 Å². The normalized spacial score (nSPS) is 11.4. The summed E-state index contributed by atoms with van der Waals surface area (Å²) in [6.45, 7) is 4.09. The van der Waals surface area contributed by atoms with E-state index in [0.717, 1.165) is 51.8 Å². The third-order valence-corrected chi connectivity index (χ3v) is 9.77. The average molecular weight is 701 g/mol. The van der Waals surface area contributed by atoms with Crippen molar-refractivity contribution >= 4 is 5.97 Å². The first-order chi connectivity index (χ1) is 25.9. The molecule has 0 amide bonds. The molecule has 9 heteroatoms. The fourth-order valence-corrected chi connectivity index (χ4v) is 7.19. The maximum Gasteiger partial charge on any atom is 0.308 e. The molecule has 0 unspecified atom stereocenters. The van der Waals surface area contributed by atoms with Gasteiger partial charge in [0.1, 0.15) is 11.4 Å². The van der Waals surface area contributed by atoms with Gasteiger partial charge in [-0.05, 0) is 57.2 Å². The Hall–Kier alpha value is -6.48. The molecule has 0 fully saturated rings. The Morgan fingerprint density at radius 2 is 1.28 bits per heavy atom. The summed E-state index contributed by atoms with van der Waals surface area (Å²) in [5.74, 6) is 0.218. The van der Waals surface area contributed by atoms with E-state index in [1.54, 1.807) is 11.5 Å². The van der Waals surface area contributed by atoms with E-state index in [0.29, 0.717) is 23.8 Å². The molecule has 0 radical (unpaired) electrons. The largest absolute Gasteiger partial charge is 0.481 e. The zero-order valence-corrected chi connectivity index (χ0v) is 29.8. The molecule has 7 aromatic rings. The molecule has 53 heavy (non-hydrogen) atoms. The van der Waals surface area contributed by atoms with Gasteiger partial charge in [0.15, 0.2) is 5.82 Å². The number of benzene rings is 5. The van der Waals surface area contributed by atoms with Gasteiger partial charge < -0.3 is 5.11 Å². The van der Waals surface area contributed by atoms with Gasteiger partial charge in [-0.1, -0.05) is 153 Å². The summed E-state index contributed by atoms with van der Waals surface area (Å²) in [4.78, 5) is 29.9. The highest BCUT2D eigenvalue weighted by atomic mass is 16.4. The molecule has 2 heterocycles. The minimum atomic E-state index is -1.05. The van der Waals surface area contributed by atoms with Crippen molar-refractivity contribution in [1.29, 1.82) is 0 Å². The van der Waals surface area contributed by atoms with Gasteiger partial charge in [-0.3, -0.25) is 14.2 Å². The van der Waals surface area contributed by atoms with Crippen molar-refractivity contribution in [3.63, 3.8) is 0 Å². The summed E-state index contributed by atoms with van der Waals surface area (Å²) in [7, 11) is 0. The van der Waals surface area contributed by atoms with Crippen LogP contribution in [0, 0.1) is 6.92 Å². The van der Waals surface area contributed by atoms with Crippen LogP contribution in [0.25, 0.3) is 22.5 Å². The van der Waals surface area contributed by atoms with Crippen LogP contribution in [0.4, 0.5) is 0 Å². The zero-order chi connectivity index (χ0) is 36.8. The maximum absolute atomic E-state index is 13.6. The number of aromatic nitrogens is 6. The van der Waals surface area contributed by atoms with E-state index in [1.807, 2.05) is 102 Å². The molecular formula is C44H40N6O3. The first-order valence-corrected chi connectivity index (χ1v) is 17.9. The van der Waals surface area contributed by atoms with Crippen LogP contribution >= 0.6 is 0 Å². The number of aryl methyl sites for hydroxylation is 2. The topological polar surface area (TPSA) is 116 Å². The van der Waals surface area contributed by atoms with E-state index in [1.165, 1.54) is 0 Å². The molecule has 0 bridgehead atoms. The molecule has 2 aromatic heterocycles. The van der Waals surface area contributed by atoms with E-state index in [-0.39, 0.29) is 24.1 Å². The van der Waals surface area contributed by atoms with Crippen molar-refractivity contribution in [3.8, 4) is 22.5 Å². The fourth-order valence-electron chi connectivity index (χ4n) is 7.19. The predicted octanol–water partition coefficient (Wildman–Crippen LogP) is 7.73. The smallest absolute Gasteiger partial charge is 0.308 e. The van der Waals surface area contributed by atoms with Crippen LogP contribution in [0.2, 0.25) is 0 Å². The van der Waals surface area contributed by atoms with Crippen LogP contribution in [0.1, 0.15) is 59.1 Å². The van der Waals surface area contributed by atoms with Gasteiger partial charge in [-0.2, -0.15) is 0 Å². The standard InChI is InChI=1S/C44H40N6O3/c1-3-4-24-40-45-31(2)39(29-41(51)52)43(53)49(40)30-32-25-27-33(28-26-32)37-22-14-15-23-38(37)42-46-47-48-50(42)44(34-16-8-5-9-17-34,35-18-10-6-11-19-35)36-20-12-7-13-21-36/h5-23,25-28H,3-4,24,29-30H2,1-2H3,(H,51,52). The number of carbonyl (C=O) groups is 1. The van der Waals surface area contributed by atoms with Gasteiger partial charge in [-0.25, -0.2) is 9.67 Å². The fraction of sp³-hybridized carbons (Fsp3) is 0.182. The average Bonchev–Trinajstić information content (AvgIpc) is 3.69. The Morgan fingerprint density at radius 3 is 1.83 bits per heavy atom. The number of unbranched alkanes of at least 4 members (excludes halogenated alkanes) is 1. The molecule has 9 nitrogen and oxygen atoms in total. The molecule has 0 saturated carbocycles. The van der Waals surface area contributed by atoms with Crippen molar-refractivity contribution in [2.45, 2.75) is 51.6 Å². The van der Waals surface area contributed by atoms with Gasteiger partial charge >= 0.3 is 5.97 Å². The molecule has 0 atom stereocenters. The molecule has 1 N–H and O–H groups in total. The second-order valence-electron chi connectivity index (χ2n) is 13.1. The number of carboxylic acid groups (broad SMARTS) is 1. The molecule has 7 rings (SSSR count). The second-order valence-corrected chi connectivity index (χ2v) is 13.1. The number of hydrogen-bond donors (Lipinski definition) is 1. The zero-order valence-electron chi connectivity index (χ0n) is 29.8. The Kier molecular flexibility index (Phi) is 10.2. The molecular weight excluding hydrogens is 661 g/mol. The second kappa shape index (κ2) is 15.4. The summed E-state index contributed by atoms with van der Waals surface area (Å²) >= 11 is 0. The lowest BCUT2D eigenvalue weighted by atomic mass is 9.77. The van der Waals surface area contributed by atoms with Gasteiger partial charge in [0.25, 0.3) is 5.56 Å². The molecule has 0 aliphatic rings. The lowest BCUT2D eigenvalue weighted by molar-refractivity contribution is -0.136. The van der Waals surface area contributed by atoms with Gasteiger partial charge in [0.2, 0.25) is 0 Å². The third-order valence-electron chi connectivity index (χ3n) is 9.77. The predicted molar refractivity (Wildman–Crippen MR) is 206 cm³/mol. The maximum atomic E-state index is 13.6. The minimum absolute atomic E-state index is 0.221. The van der Waals surface area contributed by atoms with Crippen LogP contribution in [0.3, 0.4) is 0 Å². The van der Waals surface area contributed by atoms with Crippen molar-refractivity contribution in [3.05, 3.63) is 189 Å². The lowest BCUT2D eigenvalue weighted by Gasteiger charge is -2.36. The third kappa shape index (κ3) is 6.81. The Labute approximate surface area is 308 Å². The summed E-state index contributed by atoms with van der Waals surface area (Å²) in [6.07, 6.45) is 2.10. The number of aliphatic carboxylic acids is 1. The summed E-state index contributed by atoms with van der Waals surface area (Å²) in [5.41, 5.74) is 6.19. The van der Waals surface area contributed by atoms with Crippen molar-refractivity contribution < 1.29 is 9.90 Å². The van der Waals surface area contributed by atoms with E-state index in [2.05, 4.69) is 59.7 Å². The van der Waals surface area contributed by atoms with E-state index < -0.39 is 11.5 Å². The Balaban J connectivity index is 1.33. The lowest BCUT2D eigenvalue weighted by Crippen LogP contribution is -2.39. The number of tetrazole rings is 1. The Morgan fingerprint density at radius 1 is 0.736 bits per heavy atom. The quantitative estimate of drug-likeness (QED) is 0.122. The minimum Gasteiger partial charge on any atom is -0.481 e. The van der Waals surface area contributed by atoms with Gasteiger partial charge in [0, 0.05) is 23.2 Å². The highest BCUT2D eigenvalue weighted by molar-refractivity contribution is 5.81. The molecule has 0 aliphatic heterocycles. The summed E-state index contributed by atoms with van der Waals surface area (Å²) in [6, 6.07) is 47.1. The molecule has 264 valence electrons. The monoisotopic (exact) mass is 700 g/mol. The number of nitrogens with zero attached hydrogens (tertiary/aromatic N) is 6. The number of hydrogen-bond acceptors (Lipinski definition) is 6. The molecule has 0 saturated heterocycles. The molecule has 0 aliphatic carbocycles. The SMILES string of the molecule is CCCCc1nc(C)c(CC(=O)O)c(=O)n1Cc1ccc(-c2ccccc2-c2nnnn2C(c2ccccc2)(c2ccccc2)c2ccccc2)cc1. The highest BCUT2D eigenvalue weighted by Crippen LogP contribution is 2.43. The number of carboxylic acids is 1. The Bertz CT molecular complexity index is 2290. The van der Waals surface area contributed by atoms with Crippen LogP contribution < -0.4 is 5.56 Å². The molecule has 0 spiro atoms. The summed E-state index contributed by atoms with van der Waals surface area (Å²) in [5, 5.41) is 23.2. The van der Waals surface area contributed by atoms with E-state index in [9.17, 15) is 14.7 Å². The van der Waals surface area contributed by atoms with Gasteiger partial charge in [0.05, 0.1) is 13.0 Å². The first kappa shape index (κ1) is 34.9. The van der Waals surface area contributed by atoms with Gasteiger partial charge in [-0.15, -0.1) is 5.10 Å². The van der Waals surface area contributed by atoms with E-state index in [4.69, 9.17) is 10.2 Å². The van der Waals surface area contributed by atoms with E-state index >= 15 is 0 Å². The first-order valence-electron chi connectivity index (χ1n) is 17.9. The van der Waals surface area contributed by atoms with Crippen LogP contribution in [0.5, 0.6) is 0 Å². The van der Waals surface area contributed by atoms with Crippen LogP contribution in [-0.2, 0) is 29.7 Å². The van der Waals surface area contributed by atoms with Crippen molar-refractivity contribution in [2.24, 2.45) is 0 Å². The summed E-state index contributed by atoms with van der Waals surface area (Å²) < 4.78 is 3.57. The van der Waals surface area contributed by atoms with Crippen molar-refractivity contribution in [1.82, 2.24) is 29.8 Å².